The van der Waals surface area contributed by atoms with Crippen molar-refractivity contribution in [2.24, 2.45) is 10.7 Å². The predicted octanol–water partition coefficient (Wildman–Crippen LogP) is 0.248. The molecule has 26 heavy (non-hydrogen) atoms. The molecule has 0 unspecified atom stereocenters. The lowest BCUT2D eigenvalue weighted by Crippen LogP contribution is -2.50. The van der Waals surface area contributed by atoms with E-state index in [1.807, 2.05) is 6.92 Å². The number of furan rings is 1. The molecule has 10 heteroatoms. The van der Waals surface area contributed by atoms with E-state index < -0.39 is 15.9 Å². The molecule has 0 saturated carbocycles. The molecular weight excluding hydrogens is 358 g/mol. The van der Waals surface area contributed by atoms with E-state index in [2.05, 4.69) is 15.6 Å². The molecule has 1 saturated heterocycles. The lowest BCUT2D eigenvalue weighted by molar-refractivity contribution is 0.0972. The maximum atomic E-state index is 11.9. The third-order valence-corrected chi connectivity index (χ3v) is 6.08. The second-order valence-corrected chi connectivity index (χ2v) is 8.30. The highest BCUT2D eigenvalue weighted by atomic mass is 32.2. The van der Waals surface area contributed by atoms with Gasteiger partial charge in [-0.25, -0.2) is 17.7 Å². The van der Waals surface area contributed by atoms with Crippen LogP contribution in [0.1, 0.15) is 43.0 Å². The highest BCUT2D eigenvalue weighted by molar-refractivity contribution is 7.89. The minimum Gasteiger partial charge on any atom is -0.454 e. The number of carbonyl (C=O) groups is 1. The van der Waals surface area contributed by atoms with Crippen molar-refractivity contribution in [1.82, 2.24) is 14.9 Å². The van der Waals surface area contributed by atoms with E-state index in [0.29, 0.717) is 31.4 Å². The number of hydrogen-bond donors (Lipinski definition) is 3. The van der Waals surface area contributed by atoms with E-state index in [1.165, 1.54) is 6.07 Å². The zero-order chi connectivity index (χ0) is 19.2. The summed E-state index contributed by atoms with van der Waals surface area (Å²) in [5, 5.41) is 6.49. The first-order chi connectivity index (χ1) is 12.4. The van der Waals surface area contributed by atoms with Crippen LogP contribution in [0.2, 0.25) is 0 Å². The van der Waals surface area contributed by atoms with Crippen molar-refractivity contribution in [3.8, 4) is 0 Å². The van der Waals surface area contributed by atoms with Crippen LogP contribution < -0.4 is 16.4 Å². The maximum Gasteiger partial charge on any atom is 0.284 e. The van der Waals surface area contributed by atoms with Crippen LogP contribution in [0, 0.1) is 0 Å². The number of carbonyl (C=O) groups excluding carboxylic acids is 1. The van der Waals surface area contributed by atoms with Crippen molar-refractivity contribution < 1.29 is 17.6 Å². The molecule has 1 aliphatic heterocycles. The lowest BCUT2D eigenvalue weighted by atomic mass is 10.1. The lowest BCUT2D eigenvalue weighted by Gasteiger charge is -2.32. The first-order valence-electron chi connectivity index (χ1n) is 8.77. The van der Waals surface area contributed by atoms with Gasteiger partial charge in [-0.2, -0.15) is 0 Å². The quantitative estimate of drug-likeness (QED) is 0.455. The van der Waals surface area contributed by atoms with Crippen LogP contribution in [0.25, 0.3) is 0 Å². The summed E-state index contributed by atoms with van der Waals surface area (Å²) in [5.41, 5.74) is 5.17. The highest BCUT2D eigenvalue weighted by Gasteiger charge is 2.27. The minimum atomic E-state index is -3.12. The molecule has 0 atom stereocenters. The van der Waals surface area contributed by atoms with E-state index >= 15 is 0 Å². The van der Waals surface area contributed by atoms with Gasteiger partial charge in [-0.05, 0) is 38.8 Å². The van der Waals surface area contributed by atoms with Crippen LogP contribution in [-0.2, 0) is 16.6 Å². The molecule has 4 N–H and O–H groups in total. The van der Waals surface area contributed by atoms with Gasteiger partial charge in [0.05, 0.1) is 5.75 Å². The standard InChI is InChI=1S/C16H27N5O4S/c1-3-18-16(19-11-13-5-6-14(25-13)15(17)22)20-12-7-9-21(10-8-12)26(23,24)4-2/h5-6,12H,3-4,7-11H2,1-2H3,(H2,17,22)(H2,18,19,20). The number of primary amides is 1. The Kier molecular flexibility index (Phi) is 7.04. The molecule has 2 heterocycles. The van der Waals surface area contributed by atoms with Gasteiger partial charge in [0.15, 0.2) is 11.7 Å². The number of hydrogen-bond acceptors (Lipinski definition) is 5. The Morgan fingerprint density at radius 2 is 2.04 bits per heavy atom. The molecule has 1 aromatic heterocycles. The summed E-state index contributed by atoms with van der Waals surface area (Å²) in [5.74, 6) is 0.795. The van der Waals surface area contributed by atoms with Crippen molar-refractivity contribution in [2.45, 2.75) is 39.3 Å². The summed E-state index contributed by atoms with van der Waals surface area (Å²) in [6, 6.07) is 3.34. The summed E-state index contributed by atoms with van der Waals surface area (Å²) >= 11 is 0. The Morgan fingerprint density at radius 1 is 1.35 bits per heavy atom. The third kappa shape index (κ3) is 5.46. The van der Waals surface area contributed by atoms with Crippen molar-refractivity contribution >= 4 is 21.9 Å². The van der Waals surface area contributed by atoms with Crippen LogP contribution >= 0.6 is 0 Å². The number of rotatable bonds is 7. The second kappa shape index (κ2) is 9.04. The van der Waals surface area contributed by atoms with Crippen LogP contribution in [0.4, 0.5) is 0 Å². The molecule has 0 radical (unpaired) electrons. The molecular formula is C16H27N5O4S. The summed E-state index contributed by atoms with van der Waals surface area (Å²) in [7, 11) is -3.12. The van der Waals surface area contributed by atoms with E-state index in [9.17, 15) is 13.2 Å². The van der Waals surface area contributed by atoms with Gasteiger partial charge in [0.1, 0.15) is 12.3 Å². The zero-order valence-electron chi connectivity index (χ0n) is 15.2. The second-order valence-electron chi connectivity index (χ2n) is 6.04. The smallest absolute Gasteiger partial charge is 0.284 e. The van der Waals surface area contributed by atoms with Gasteiger partial charge >= 0.3 is 0 Å². The molecule has 146 valence electrons. The molecule has 2 rings (SSSR count). The van der Waals surface area contributed by atoms with Gasteiger partial charge in [0.2, 0.25) is 10.0 Å². The molecule has 1 aliphatic rings. The van der Waals surface area contributed by atoms with E-state index in [-0.39, 0.29) is 24.1 Å². The largest absolute Gasteiger partial charge is 0.454 e. The molecule has 1 amide bonds. The molecule has 1 fully saturated rings. The monoisotopic (exact) mass is 385 g/mol. The Balaban J connectivity index is 1.92. The van der Waals surface area contributed by atoms with Crippen molar-refractivity contribution in [1.29, 1.82) is 0 Å². The van der Waals surface area contributed by atoms with Gasteiger partial charge in [-0.1, -0.05) is 0 Å². The number of guanidine groups is 1. The Hall–Kier alpha value is -2.07. The first-order valence-corrected chi connectivity index (χ1v) is 10.4. The zero-order valence-corrected chi connectivity index (χ0v) is 16.0. The molecule has 9 nitrogen and oxygen atoms in total. The molecule has 1 aromatic rings. The fourth-order valence-electron chi connectivity index (χ4n) is 2.73. The van der Waals surface area contributed by atoms with Gasteiger partial charge in [0, 0.05) is 25.7 Å². The van der Waals surface area contributed by atoms with Crippen molar-refractivity contribution in [3.63, 3.8) is 0 Å². The Morgan fingerprint density at radius 3 is 2.58 bits per heavy atom. The van der Waals surface area contributed by atoms with E-state index in [1.54, 1.807) is 17.3 Å². The van der Waals surface area contributed by atoms with Gasteiger partial charge in [-0.15, -0.1) is 0 Å². The number of nitrogens with zero attached hydrogens (tertiary/aromatic N) is 2. The number of sulfonamides is 1. The SMILES string of the molecule is CCNC(=NCc1ccc(C(N)=O)o1)NC1CCN(S(=O)(=O)CC)CC1. The molecule has 0 aliphatic carbocycles. The predicted molar refractivity (Wildman–Crippen MR) is 99.2 cm³/mol. The maximum absolute atomic E-state index is 11.9. The van der Waals surface area contributed by atoms with Crippen molar-refractivity contribution in [3.05, 3.63) is 23.7 Å². The third-order valence-electron chi connectivity index (χ3n) is 4.19. The molecule has 0 spiro atoms. The van der Waals surface area contributed by atoms with Gasteiger partial charge in [-0.3, -0.25) is 4.79 Å². The van der Waals surface area contributed by atoms with Crippen LogP contribution in [0.3, 0.4) is 0 Å². The molecule has 0 aromatic carbocycles. The first kappa shape index (κ1) is 20.2. The molecule has 0 bridgehead atoms. The number of aliphatic imine (C=N–C) groups is 1. The number of nitrogens with two attached hydrogens (primary N) is 1. The van der Waals surface area contributed by atoms with Gasteiger partial charge in [0.25, 0.3) is 5.91 Å². The van der Waals surface area contributed by atoms with E-state index in [4.69, 9.17) is 10.2 Å². The fourth-order valence-corrected chi connectivity index (χ4v) is 3.86. The highest BCUT2D eigenvalue weighted by Crippen LogP contribution is 2.14. The summed E-state index contributed by atoms with van der Waals surface area (Å²) in [6.07, 6.45) is 1.44. The topological polar surface area (TPSA) is 130 Å². The Labute approximate surface area is 154 Å². The van der Waals surface area contributed by atoms with Crippen LogP contribution in [-0.4, -0.2) is 56.0 Å². The Bertz CT molecular complexity index is 736. The summed E-state index contributed by atoms with van der Waals surface area (Å²) in [6.45, 7) is 5.60. The van der Waals surface area contributed by atoms with Crippen LogP contribution in [0.15, 0.2) is 21.5 Å². The normalized spacial score (nSPS) is 17.2. The fraction of sp³-hybridized carbons (Fsp3) is 0.625. The number of amides is 1. The van der Waals surface area contributed by atoms with Gasteiger partial charge < -0.3 is 20.8 Å². The summed E-state index contributed by atoms with van der Waals surface area (Å²) < 4.78 is 30.7. The van der Waals surface area contributed by atoms with Crippen LogP contribution in [0.5, 0.6) is 0 Å². The average Bonchev–Trinajstić information content (AvgIpc) is 3.10. The minimum absolute atomic E-state index is 0.109. The summed E-state index contributed by atoms with van der Waals surface area (Å²) in [4.78, 5) is 15.5. The number of piperidine rings is 1. The van der Waals surface area contributed by atoms with Crippen molar-refractivity contribution in [2.75, 3.05) is 25.4 Å². The number of nitrogens with one attached hydrogen (secondary N) is 2. The van der Waals surface area contributed by atoms with E-state index in [0.717, 1.165) is 12.8 Å². The average molecular weight is 385 g/mol.